The van der Waals surface area contributed by atoms with E-state index in [4.69, 9.17) is 4.74 Å². The Bertz CT molecular complexity index is 1030. The van der Waals surface area contributed by atoms with Crippen molar-refractivity contribution in [2.45, 2.75) is 58.5 Å². The summed E-state index contributed by atoms with van der Waals surface area (Å²) in [6.45, 7) is 2.38. The second-order valence-electron chi connectivity index (χ2n) is 10.2. The van der Waals surface area contributed by atoms with Crippen LogP contribution in [0, 0.1) is 30.1 Å². The van der Waals surface area contributed by atoms with Crippen LogP contribution in [0.4, 0.5) is 0 Å². The average molecular weight is 466 g/mol. The lowest BCUT2D eigenvalue weighted by atomic mass is 9.49. The van der Waals surface area contributed by atoms with Gasteiger partial charge in [0.15, 0.2) is 0 Å². The number of nitrogens with one attached hydrogen (secondary N) is 2. The molecule has 1 aromatic carbocycles. The first-order chi connectivity index (χ1) is 15.9. The van der Waals surface area contributed by atoms with Crippen molar-refractivity contribution in [2.75, 3.05) is 0 Å². The summed E-state index contributed by atoms with van der Waals surface area (Å²) < 4.78 is 5.80. The molecule has 0 atom stereocenters. The van der Waals surface area contributed by atoms with E-state index in [2.05, 4.69) is 15.8 Å². The zero-order chi connectivity index (χ0) is 22.8. The Hall–Kier alpha value is -2.67. The summed E-state index contributed by atoms with van der Waals surface area (Å²) in [5.74, 6) is 2.72. The number of aromatic nitrogens is 1. The molecule has 4 saturated carbocycles. The number of hydrogen-bond acceptors (Lipinski definition) is 5. The SMILES string of the molecule is Cc1nc(COc2cccc(/C=C/C(=O)NNC(=O)CC34CC5CC(CC(C5)C3)C4)c2)cs1. The van der Waals surface area contributed by atoms with Crippen molar-refractivity contribution < 1.29 is 14.3 Å². The maximum atomic E-state index is 12.6. The van der Waals surface area contributed by atoms with Crippen molar-refractivity contribution in [3.63, 3.8) is 0 Å². The Kier molecular flexibility index (Phi) is 6.23. The molecule has 1 heterocycles. The van der Waals surface area contributed by atoms with E-state index in [9.17, 15) is 9.59 Å². The van der Waals surface area contributed by atoms with E-state index >= 15 is 0 Å². The predicted octanol–water partition coefficient (Wildman–Crippen LogP) is 4.80. The molecule has 7 heteroatoms. The molecule has 6 rings (SSSR count). The van der Waals surface area contributed by atoms with Gasteiger partial charge in [-0.05, 0) is 92.4 Å². The van der Waals surface area contributed by atoms with E-state index in [1.165, 1.54) is 44.6 Å². The molecule has 0 spiro atoms. The fourth-order valence-corrected chi connectivity index (χ4v) is 7.17. The molecule has 4 aliphatic carbocycles. The lowest BCUT2D eigenvalue weighted by molar-refractivity contribution is -0.133. The highest BCUT2D eigenvalue weighted by atomic mass is 32.1. The highest BCUT2D eigenvalue weighted by Crippen LogP contribution is 2.61. The number of carbonyl (C=O) groups is 2. The van der Waals surface area contributed by atoms with Crippen LogP contribution in [0.3, 0.4) is 0 Å². The minimum atomic E-state index is -0.349. The highest BCUT2D eigenvalue weighted by molar-refractivity contribution is 7.09. The third-order valence-electron chi connectivity index (χ3n) is 7.36. The van der Waals surface area contributed by atoms with Gasteiger partial charge in [0.05, 0.1) is 10.7 Å². The standard InChI is InChI=1S/C26H31N3O3S/c1-17-27-22(16-33-17)15-32-23-4-2-3-18(10-23)5-6-24(30)28-29-25(31)14-26-11-19-7-20(12-26)9-21(8-19)13-26/h2-6,10,16,19-21H,7-9,11-15H2,1H3,(H,28,30)(H,29,31)/b6-5+. The Balaban J connectivity index is 1.08. The predicted molar refractivity (Wildman–Crippen MR) is 128 cm³/mol. The van der Waals surface area contributed by atoms with Crippen LogP contribution >= 0.6 is 11.3 Å². The lowest BCUT2D eigenvalue weighted by Crippen LogP contribution is -2.49. The molecule has 0 aliphatic heterocycles. The molecule has 6 nitrogen and oxygen atoms in total. The van der Waals surface area contributed by atoms with Gasteiger partial charge in [0.25, 0.3) is 5.91 Å². The van der Waals surface area contributed by atoms with Crippen LogP contribution in [0.5, 0.6) is 5.75 Å². The first-order valence-corrected chi connectivity index (χ1v) is 12.7. The van der Waals surface area contributed by atoms with E-state index in [1.807, 2.05) is 36.6 Å². The van der Waals surface area contributed by atoms with Crippen LogP contribution in [0.2, 0.25) is 0 Å². The van der Waals surface area contributed by atoms with Gasteiger partial charge in [-0.2, -0.15) is 0 Å². The maximum absolute atomic E-state index is 12.6. The number of hydrazine groups is 1. The summed E-state index contributed by atoms with van der Waals surface area (Å²) in [6, 6.07) is 7.53. The average Bonchev–Trinajstić information content (AvgIpc) is 3.19. The van der Waals surface area contributed by atoms with Crippen molar-refractivity contribution in [3.8, 4) is 5.75 Å². The molecule has 0 unspecified atom stereocenters. The molecule has 0 saturated heterocycles. The van der Waals surface area contributed by atoms with Crippen molar-refractivity contribution in [1.82, 2.24) is 15.8 Å². The quantitative estimate of drug-likeness (QED) is 0.455. The van der Waals surface area contributed by atoms with Crippen molar-refractivity contribution in [2.24, 2.45) is 23.2 Å². The highest BCUT2D eigenvalue weighted by Gasteiger charge is 2.51. The Morgan fingerprint density at radius 1 is 1.15 bits per heavy atom. The summed E-state index contributed by atoms with van der Waals surface area (Å²) in [6.07, 6.45) is 11.3. The third kappa shape index (κ3) is 5.46. The van der Waals surface area contributed by atoms with Crippen molar-refractivity contribution >= 4 is 29.2 Å². The molecule has 1 aromatic heterocycles. The van der Waals surface area contributed by atoms with Crippen LogP contribution in [0.1, 0.15) is 61.2 Å². The van der Waals surface area contributed by atoms with Gasteiger partial charge in [0.1, 0.15) is 12.4 Å². The number of carbonyl (C=O) groups excluding carboxylic acids is 2. The molecule has 174 valence electrons. The number of aryl methyl sites for hydroxylation is 1. The topological polar surface area (TPSA) is 80.3 Å². The van der Waals surface area contributed by atoms with Crippen LogP contribution in [-0.2, 0) is 16.2 Å². The van der Waals surface area contributed by atoms with Crippen LogP contribution in [-0.4, -0.2) is 16.8 Å². The fourth-order valence-electron chi connectivity index (χ4n) is 6.58. The van der Waals surface area contributed by atoms with E-state index in [-0.39, 0.29) is 17.2 Å². The molecular formula is C26H31N3O3S. The number of thiazole rings is 1. The lowest BCUT2D eigenvalue weighted by Gasteiger charge is -2.56. The molecule has 4 fully saturated rings. The van der Waals surface area contributed by atoms with Crippen molar-refractivity contribution in [1.29, 1.82) is 0 Å². The Labute approximate surface area is 198 Å². The number of amides is 2. The number of ether oxygens (including phenoxy) is 1. The monoisotopic (exact) mass is 465 g/mol. The minimum absolute atomic E-state index is 0.0774. The van der Waals surface area contributed by atoms with Gasteiger partial charge >= 0.3 is 0 Å². The maximum Gasteiger partial charge on any atom is 0.262 e. The normalized spacial score (nSPS) is 27.6. The molecule has 0 radical (unpaired) electrons. The van der Waals surface area contributed by atoms with Crippen molar-refractivity contribution in [3.05, 3.63) is 52.0 Å². The molecular weight excluding hydrogens is 434 g/mol. The second-order valence-corrected chi connectivity index (χ2v) is 11.2. The number of hydrogen-bond donors (Lipinski definition) is 2. The Morgan fingerprint density at radius 3 is 2.55 bits per heavy atom. The van der Waals surface area contributed by atoms with Gasteiger partial charge in [-0.15, -0.1) is 11.3 Å². The van der Waals surface area contributed by atoms with Crippen LogP contribution in [0.15, 0.2) is 35.7 Å². The van der Waals surface area contributed by atoms with E-state index < -0.39 is 0 Å². The first kappa shape index (κ1) is 22.1. The Morgan fingerprint density at radius 2 is 1.88 bits per heavy atom. The zero-order valence-electron chi connectivity index (χ0n) is 19.0. The zero-order valence-corrected chi connectivity index (χ0v) is 19.8. The first-order valence-electron chi connectivity index (χ1n) is 11.9. The fraction of sp³-hybridized carbons (Fsp3) is 0.500. The smallest absolute Gasteiger partial charge is 0.262 e. The molecule has 2 N–H and O–H groups in total. The van der Waals surface area contributed by atoms with E-state index in [0.717, 1.165) is 34.0 Å². The van der Waals surface area contributed by atoms with Gasteiger partial charge in [-0.1, -0.05) is 12.1 Å². The summed E-state index contributed by atoms with van der Waals surface area (Å²) >= 11 is 1.60. The van der Waals surface area contributed by atoms with E-state index in [1.54, 1.807) is 17.4 Å². The minimum Gasteiger partial charge on any atom is -0.487 e. The molecule has 4 aliphatic rings. The summed E-state index contributed by atoms with van der Waals surface area (Å²) in [5, 5.41) is 3.00. The number of nitrogens with zero attached hydrogens (tertiary/aromatic N) is 1. The molecule has 4 bridgehead atoms. The van der Waals surface area contributed by atoms with Gasteiger partial charge in [0, 0.05) is 17.9 Å². The largest absolute Gasteiger partial charge is 0.487 e. The second kappa shape index (κ2) is 9.29. The summed E-state index contributed by atoms with van der Waals surface area (Å²) in [4.78, 5) is 29.2. The van der Waals surface area contributed by atoms with Crippen LogP contribution < -0.4 is 15.6 Å². The van der Waals surface area contributed by atoms with Gasteiger partial charge in [-0.25, -0.2) is 4.98 Å². The molecule has 33 heavy (non-hydrogen) atoms. The van der Waals surface area contributed by atoms with Gasteiger partial charge in [-0.3, -0.25) is 20.4 Å². The summed E-state index contributed by atoms with van der Waals surface area (Å²) in [5.41, 5.74) is 7.07. The van der Waals surface area contributed by atoms with Gasteiger partial charge in [0.2, 0.25) is 5.91 Å². The van der Waals surface area contributed by atoms with E-state index in [0.29, 0.717) is 18.8 Å². The number of rotatable bonds is 7. The number of benzene rings is 1. The van der Waals surface area contributed by atoms with Gasteiger partial charge < -0.3 is 4.74 Å². The third-order valence-corrected chi connectivity index (χ3v) is 8.19. The molecule has 2 amide bonds. The summed E-state index contributed by atoms with van der Waals surface area (Å²) in [7, 11) is 0. The molecule has 2 aromatic rings. The van der Waals surface area contributed by atoms with Crippen LogP contribution in [0.25, 0.3) is 6.08 Å².